The number of nitro benzene ring substituents is 1. The number of halogens is 3. The lowest BCUT2D eigenvalue weighted by Gasteiger charge is -2.12. The van der Waals surface area contributed by atoms with E-state index in [9.17, 15) is 42.5 Å². The zero-order valence-corrected chi connectivity index (χ0v) is 16.6. The number of nitrogens with one attached hydrogen (secondary N) is 1. The van der Waals surface area contributed by atoms with Crippen LogP contribution in [-0.2, 0) is 29.8 Å². The summed E-state index contributed by atoms with van der Waals surface area (Å²) in [6.45, 7) is -1.67. The van der Waals surface area contributed by atoms with Gasteiger partial charge in [0, 0.05) is 20.2 Å². The minimum Gasteiger partial charge on any atom is -0.456 e. The molecule has 0 radical (unpaired) electrons. The molecule has 0 saturated carbocycles. The maximum Gasteiger partial charge on any atom is 0.416 e. The number of nitrogens with zero attached hydrogens (tertiary/aromatic N) is 3. The molecule has 0 spiro atoms. The first-order valence-electron chi connectivity index (χ1n) is 8.59. The summed E-state index contributed by atoms with van der Waals surface area (Å²) in [6, 6.07) is 1.66. The van der Waals surface area contributed by atoms with Gasteiger partial charge in [0.15, 0.2) is 6.61 Å². The van der Waals surface area contributed by atoms with Gasteiger partial charge in [-0.1, -0.05) is 0 Å². The topological polar surface area (TPSA) is 169 Å². The van der Waals surface area contributed by atoms with E-state index in [-0.39, 0.29) is 5.69 Å². The minimum absolute atomic E-state index is 0.301. The fourth-order valence-corrected chi connectivity index (χ4v) is 2.57. The van der Waals surface area contributed by atoms with Crippen LogP contribution in [0.3, 0.4) is 0 Å². The molecule has 0 fully saturated rings. The van der Waals surface area contributed by atoms with Crippen molar-refractivity contribution in [3.63, 3.8) is 0 Å². The molecule has 2 rings (SSSR count). The van der Waals surface area contributed by atoms with Crippen molar-refractivity contribution in [2.45, 2.75) is 6.18 Å². The quantitative estimate of drug-likeness (QED) is 0.258. The molecule has 0 atom stereocenters. The van der Waals surface area contributed by atoms with Crippen LogP contribution in [0.15, 0.2) is 27.8 Å². The lowest BCUT2D eigenvalue weighted by molar-refractivity contribution is -0.384. The van der Waals surface area contributed by atoms with Crippen LogP contribution in [-0.4, -0.2) is 39.0 Å². The van der Waals surface area contributed by atoms with Gasteiger partial charge in [0.25, 0.3) is 11.2 Å². The largest absolute Gasteiger partial charge is 0.456 e. The highest BCUT2D eigenvalue weighted by Crippen LogP contribution is 2.34. The Morgan fingerprint density at radius 1 is 1.22 bits per heavy atom. The van der Waals surface area contributed by atoms with Gasteiger partial charge in [0.2, 0.25) is 5.78 Å². The van der Waals surface area contributed by atoms with E-state index in [1.54, 1.807) is 0 Å². The third-order valence-corrected chi connectivity index (χ3v) is 4.30. The van der Waals surface area contributed by atoms with Gasteiger partial charge in [-0.15, -0.1) is 0 Å². The van der Waals surface area contributed by atoms with Gasteiger partial charge in [0.1, 0.15) is 23.6 Å². The van der Waals surface area contributed by atoms with Crippen LogP contribution in [0.1, 0.15) is 15.9 Å². The Morgan fingerprint density at radius 2 is 1.84 bits per heavy atom. The summed E-state index contributed by atoms with van der Waals surface area (Å²) < 4.78 is 44.3. The number of ether oxygens (including phenoxy) is 1. The van der Waals surface area contributed by atoms with E-state index in [0.717, 1.165) is 17.7 Å². The van der Waals surface area contributed by atoms with E-state index in [0.29, 0.717) is 16.7 Å². The zero-order chi connectivity index (χ0) is 24.4. The minimum atomic E-state index is -4.80. The first-order valence-corrected chi connectivity index (χ1v) is 8.59. The summed E-state index contributed by atoms with van der Waals surface area (Å²) in [7, 11) is 2.34. The fourth-order valence-electron chi connectivity index (χ4n) is 2.57. The number of rotatable bonds is 7. The van der Waals surface area contributed by atoms with Gasteiger partial charge < -0.3 is 15.8 Å². The van der Waals surface area contributed by atoms with E-state index in [1.807, 2.05) is 0 Å². The van der Waals surface area contributed by atoms with Gasteiger partial charge in [-0.3, -0.25) is 33.6 Å². The number of nitrogen functional groups attached to an aromatic ring is 1. The molecule has 0 aliphatic carbocycles. The first kappa shape index (κ1) is 24.1. The number of alkyl halides is 3. The molecule has 1 aromatic heterocycles. The number of hydrogen-bond donors (Lipinski definition) is 2. The predicted octanol–water partition coefficient (Wildman–Crippen LogP) is 0.431. The van der Waals surface area contributed by atoms with Crippen molar-refractivity contribution in [2.75, 3.05) is 24.2 Å². The molecule has 32 heavy (non-hydrogen) atoms. The maximum absolute atomic E-state index is 12.7. The molecule has 1 aromatic carbocycles. The maximum atomic E-state index is 12.7. The summed E-state index contributed by atoms with van der Waals surface area (Å²) in [5.74, 6) is -2.54. The Hall–Kier alpha value is -4.17. The van der Waals surface area contributed by atoms with Crippen LogP contribution in [0.25, 0.3) is 0 Å². The van der Waals surface area contributed by atoms with Crippen molar-refractivity contribution in [3.8, 4) is 0 Å². The Bertz CT molecular complexity index is 1220. The van der Waals surface area contributed by atoms with E-state index in [4.69, 9.17) is 5.73 Å². The second kappa shape index (κ2) is 8.91. The number of Topliss-reactive ketones (excluding diaryl/α,β-unsaturated/α-hetero) is 1. The van der Waals surface area contributed by atoms with Gasteiger partial charge in [0.05, 0.1) is 10.5 Å². The van der Waals surface area contributed by atoms with Crippen LogP contribution in [0.4, 0.5) is 30.4 Å². The van der Waals surface area contributed by atoms with Crippen LogP contribution >= 0.6 is 0 Å². The molecular weight excluding hydrogens is 443 g/mol. The highest BCUT2D eigenvalue weighted by atomic mass is 19.4. The van der Waals surface area contributed by atoms with Crippen molar-refractivity contribution in [1.82, 2.24) is 9.13 Å². The molecule has 3 N–H and O–H groups in total. The van der Waals surface area contributed by atoms with Crippen LogP contribution in [0, 0.1) is 10.1 Å². The van der Waals surface area contributed by atoms with Gasteiger partial charge in [-0.2, -0.15) is 13.2 Å². The third-order valence-electron chi connectivity index (χ3n) is 4.30. The van der Waals surface area contributed by atoms with Crippen LogP contribution in [0.2, 0.25) is 0 Å². The predicted molar refractivity (Wildman–Crippen MR) is 103 cm³/mol. The monoisotopic (exact) mass is 459 g/mol. The lowest BCUT2D eigenvalue weighted by Crippen LogP contribution is -2.42. The second-order valence-electron chi connectivity index (χ2n) is 6.39. The summed E-state index contributed by atoms with van der Waals surface area (Å²) >= 11 is 0. The van der Waals surface area contributed by atoms with Crippen molar-refractivity contribution in [1.29, 1.82) is 0 Å². The number of nitro groups is 1. The molecule has 12 nitrogen and oxygen atoms in total. The number of benzene rings is 1. The zero-order valence-electron chi connectivity index (χ0n) is 16.6. The van der Waals surface area contributed by atoms with E-state index in [1.165, 1.54) is 7.05 Å². The molecule has 0 saturated heterocycles. The second-order valence-corrected chi connectivity index (χ2v) is 6.39. The molecule has 0 unspecified atom stereocenters. The Labute approximate surface area is 176 Å². The highest BCUT2D eigenvalue weighted by Gasteiger charge is 2.33. The smallest absolute Gasteiger partial charge is 0.416 e. The van der Waals surface area contributed by atoms with Crippen molar-refractivity contribution < 1.29 is 32.4 Å². The lowest BCUT2D eigenvalue weighted by atomic mass is 10.1. The summed E-state index contributed by atoms with van der Waals surface area (Å²) in [5, 5.41) is 13.3. The Morgan fingerprint density at radius 3 is 2.41 bits per heavy atom. The molecular formula is C17H16F3N5O7. The summed E-state index contributed by atoms with van der Waals surface area (Å²) in [4.78, 5) is 57.9. The average molecular weight is 459 g/mol. The number of aromatic nitrogens is 2. The molecule has 172 valence electrons. The molecule has 0 bridgehead atoms. The van der Waals surface area contributed by atoms with E-state index >= 15 is 0 Å². The molecule has 0 aliphatic rings. The van der Waals surface area contributed by atoms with Crippen LogP contribution < -0.4 is 22.3 Å². The number of carbonyl (C=O) groups excluding carboxylic acids is 2. The Kier molecular flexibility index (Phi) is 6.71. The number of nitrogens with two attached hydrogens (primary N) is 1. The number of esters is 1. The SMILES string of the molecule is Cn1c(N)c(C(=O)COC(=O)CNc2ccc(C(F)(F)F)cc2[N+](=O)[O-])c(=O)n(C)c1=O. The Balaban J connectivity index is 2.09. The number of carbonyl (C=O) groups is 2. The van der Waals surface area contributed by atoms with E-state index < -0.39 is 69.9 Å². The molecule has 0 amide bonds. The van der Waals surface area contributed by atoms with Crippen molar-refractivity contribution in [2.24, 2.45) is 14.1 Å². The highest BCUT2D eigenvalue weighted by molar-refractivity contribution is 6.01. The van der Waals surface area contributed by atoms with Gasteiger partial charge in [-0.05, 0) is 12.1 Å². The fraction of sp³-hybridized carbons (Fsp3) is 0.294. The van der Waals surface area contributed by atoms with Gasteiger partial charge >= 0.3 is 17.8 Å². The number of ketones is 1. The number of anilines is 2. The number of hydrogen-bond acceptors (Lipinski definition) is 9. The molecule has 1 heterocycles. The molecule has 2 aromatic rings. The van der Waals surface area contributed by atoms with Crippen LogP contribution in [0.5, 0.6) is 0 Å². The van der Waals surface area contributed by atoms with Gasteiger partial charge in [-0.25, -0.2) is 4.79 Å². The van der Waals surface area contributed by atoms with Crippen molar-refractivity contribution in [3.05, 3.63) is 60.3 Å². The normalized spacial score (nSPS) is 11.2. The average Bonchev–Trinajstić information content (AvgIpc) is 2.72. The molecule has 15 heteroatoms. The van der Waals surface area contributed by atoms with E-state index in [2.05, 4.69) is 10.1 Å². The molecule has 0 aliphatic heterocycles. The summed E-state index contributed by atoms with van der Waals surface area (Å²) in [6.07, 6.45) is -4.80. The third kappa shape index (κ3) is 4.93. The first-order chi connectivity index (χ1) is 14.8. The standard InChI is InChI=1S/C17H16F3N5O7/c1-23-14(21)13(15(28)24(2)16(23)29)11(26)7-32-12(27)6-22-9-4-3-8(17(18,19)20)5-10(9)25(30)31/h3-5,22H,6-7,21H2,1-2H3. The van der Waals surface area contributed by atoms with Crippen molar-refractivity contribution >= 4 is 28.9 Å². The summed E-state index contributed by atoms with van der Waals surface area (Å²) in [5.41, 5.74) is 0.707.